The maximum Gasteiger partial charge on any atom is 0.319 e. The molecule has 24 heavy (non-hydrogen) atoms. The van der Waals surface area contributed by atoms with Gasteiger partial charge < -0.3 is 20.7 Å². The minimum absolute atomic E-state index is 0.0859. The summed E-state index contributed by atoms with van der Waals surface area (Å²) in [6.07, 6.45) is 6.31. The zero-order valence-corrected chi connectivity index (χ0v) is 13.9. The number of anilines is 1. The highest BCUT2D eigenvalue weighted by molar-refractivity contribution is 5.89. The summed E-state index contributed by atoms with van der Waals surface area (Å²) in [5.74, 6) is 1.53. The summed E-state index contributed by atoms with van der Waals surface area (Å²) in [7, 11) is 0. The Morgan fingerprint density at radius 2 is 1.92 bits per heavy atom. The molecule has 6 nitrogen and oxygen atoms in total. The van der Waals surface area contributed by atoms with E-state index in [0.717, 1.165) is 23.4 Å². The normalized spacial score (nSPS) is 16.3. The van der Waals surface area contributed by atoms with Crippen LogP contribution in [0, 0.1) is 5.92 Å². The number of hydrogen-bond donors (Lipinski definition) is 3. The molecule has 0 spiro atoms. The van der Waals surface area contributed by atoms with E-state index in [9.17, 15) is 9.59 Å². The molecule has 0 radical (unpaired) electrons. The van der Waals surface area contributed by atoms with Gasteiger partial charge >= 0.3 is 6.03 Å². The molecule has 3 N–H and O–H groups in total. The van der Waals surface area contributed by atoms with Gasteiger partial charge in [-0.2, -0.15) is 0 Å². The number of carbonyl (C=O) groups is 2. The largest absolute Gasteiger partial charge is 0.493 e. The van der Waals surface area contributed by atoms with Crippen molar-refractivity contribution in [3.8, 4) is 5.75 Å². The molecule has 3 amide bonds. The van der Waals surface area contributed by atoms with Crippen LogP contribution in [-0.4, -0.2) is 31.6 Å². The van der Waals surface area contributed by atoms with Crippen molar-refractivity contribution in [3.05, 3.63) is 23.8 Å². The third-order valence-corrected chi connectivity index (χ3v) is 4.63. The van der Waals surface area contributed by atoms with E-state index in [-0.39, 0.29) is 11.9 Å². The fourth-order valence-electron chi connectivity index (χ4n) is 3.37. The summed E-state index contributed by atoms with van der Waals surface area (Å²) >= 11 is 0. The fraction of sp³-hybridized carbons (Fsp3) is 0.556. The molecule has 0 saturated heterocycles. The van der Waals surface area contributed by atoms with E-state index in [0.29, 0.717) is 32.0 Å². The van der Waals surface area contributed by atoms with Crippen molar-refractivity contribution in [1.29, 1.82) is 0 Å². The van der Waals surface area contributed by atoms with Gasteiger partial charge in [0.1, 0.15) is 5.75 Å². The SMILES string of the molecule is O=C(CC1CCCC1)NCCNC(=O)Nc1ccc2c(c1)CCO2. The average molecular weight is 331 g/mol. The van der Waals surface area contributed by atoms with E-state index in [1.165, 1.54) is 25.7 Å². The number of nitrogens with one attached hydrogen (secondary N) is 3. The lowest BCUT2D eigenvalue weighted by Gasteiger charge is -2.11. The summed E-state index contributed by atoms with van der Waals surface area (Å²) in [5.41, 5.74) is 1.87. The zero-order valence-electron chi connectivity index (χ0n) is 13.9. The Morgan fingerprint density at radius 1 is 1.12 bits per heavy atom. The van der Waals surface area contributed by atoms with Crippen molar-refractivity contribution < 1.29 is 14.3 Å². The minimum atomic E-state index is -0.265. The van der Waals surface area contributed by atoms with Gasteiger partial charge in [0.05, 0.1) is 6.61 Å². The first kappa shape index (κ1) is 16.6. The van der Waals surface area contributed by atoms with Crippen molar-refractivity contribution in [2.24, 2.45) is 5.92 Å². The molecule has 0 bridgehead atoms. The number of urea groups is 1. The molecule has 0 aromatic heterocycles. The molecule has 1 aromatic carbocycles. The zero-order chi connectivity index (χ0) is 16.8. The van der Waals surface area contributed by atoms with Gasteiger partial charge in [-0.1, -0.05) is 12.8 Å². The first-order valence-corrected chi connectivity index (χ1v) is 8.78. The lowest BCUT2D eigenvalue weighted by Crippen LogP contribution is -2.37. The molecule has 0 atom stereocenters. The Balaban J connectivity index is 1.31. The van der Waals surface area contributed by atoms with Crippen LogP contribution in [0.2, 0.25) is 0 Å². The second kappa shape index (κ2) is 8.04. The predicted molar refractivity (Wildman–Crippen MR) is 92.2 cm³/mol. The number of amides is 3. The Labute approximate surface area is 142 Å². The highest BCUT2D eigenvalue weighted by Crippen LogP contribution is 2.28. The van der Waals surface area contributed by atoms with E-state index in [1.807, 2.05) is 18.2 Å². The molecule has 1 aliphatic carbocycles. The van der Waals surface area contributed by atoms with Crippen LogP contribution in [0.3, 0.4) is 0 Å². The first-order valence-electron chi connectivity index (χ1n) is 8.78. The van der Waals surface area contributed by atoms with E-state index in [2.05, 4.69) is 16.0 Å². The molecule has 1 saturated carbocycles. The smallest absolute Gasteiger partial charge is 0.319 e. The Hall–Kier alpha value is -2.24. The van der Waals surface area contributed by atoms with E-state index < -0.39 is 0 Å². The maximum absolute atomic E-state index is 11.9. The van der Waals surface area contributed by atoms with Crippen molar-refractivity contribution in [2.45, 2.75) is 38.5 Å². The predicted octanol–water partition coefficient (Wildman–Crippen LogP) is 2.44. The molecule has 1 aromatic rings. The fourth-order valence-corrected chi connectivity index (χ4v) is 3.37. The van der Waals surface area contributed by atoms with Gasteiger partial charge in [-0.25, -0.2) is 4.79 Å². The topological polar surface area (TPSA) is 79.5 Å². The van der Waals surface area contributed by atoms with Gasteiger partial charge in [0, 0.05) is 31.6 Å². The molecule has 0 unspecified atom stereocenters. The van der Waals surface area contributed by atoms with Crippen molar-refractivity contribution in [2.75, 3.05) is 25.0 Å². The molecular formula is C18H25N3O3. The summed E-state index contributed by atoms with van der Waals surface area (Å²) in [6, 6.07) is 5.37. The first-order chi connectivity index (χ1) is 11.7. The van der Waals surface area contributed by atoms with Gasteiger partial charge in [0.2, 0.25) is 5.91 Å². The molecule has 3 rings (SSSR count). The van der Waals surface area contributed by atoms with Crippen molar-refractivity contribution in [1.82, 2.24) is 10.6 Å². The van der Waals surface area contributed by atoms with E-state index >= 15 is 0 Å². The number of ether oxygens (including phenoxy) is 1. The lowest BCUT2D eigenvalue weighted by molar-refractivity contribution is -0.121. The molecule has 1 heterocycles. The average Bonchev–Trinajstić information content (AvgIpc) is 3.22. The molecule has 130 valence electrons. The highest BCUT2D eigenvalue weighted by atomic mass is 16.5. The standard InChI is InChI=1S/C18H25N3O3/c22-17(11-13-3-1-2-4-13)19-8-9-20-18(23)21-15-5-6-16-14(12-15)7-10-24-16/h5-6,12-13H,1-4,7-11H2,(H,19,22)(H2,20,21,23). The molecule has 1 aliphatic heterocycles. The van der Waals surface area contributed by atoms with Crippen LogP contribution in [0.1, 0.15) is 37.7 Å². The number of benzene rings is 1. The second-order valence-corrected chi connectivity index (χ2v) is 6.51. The van der Waals surface area contributed by atoms with Gasteiger partial charge in [-0.3, -0.25) is 4.79 Å². The van der Waals surface area contributed by atoms with Gasteiger partial charge in [-0.05, 0) is 42.5 Å². The number of fused-ring (bicyclic) bond motifs is 1. The molecule has 6 heteroatoms. The maximum atomic E-state index is 11.9. The van der Waals surface area contributed by atoms with Crippen molar-refractivity contribution >= 4 is 17.6 Å². The van der Waals surface area contributed by atoms with Crippen LogP contribution in [0.15, 0.2) is 18.2 Å². The van der Waals surface area contributed by atoms with Crippen molar-refractivity contribution in [3.63, 3.8) is 0 Å². The van der Waals surface area contributed by atoms with Gasteiger partial charge in [0.15, 0.2) is 0 Å². The molecular weight excluding hydrogens is 306 g/mol. The van der Waals surface area contributed by atoms with Crippen LogP contribution in [-0.2, 0) is 11.2 Å². The Morgan fingerprint density at radius 3 is 2.75 bits per heavy atom. The Kier molecular flexibility index (Phi) is 5.56. The number of rotatable bonds is 6. The van der Waals surface area contributed by atoms with Crippen LogP contribution in [0.4, 0.5) is 10.5 Å². The van der Waals surface area contributed by atoms with E-state index in [1.54, 1.807) is 0 Å². The van der Waals surface area contributed by atoms with Crippen LogP contribution in [0.25, 0.3) is 0 Å². The second-order valence-electron chi connectivity index (χ2n) is 6.51. The number of hydrogen-bond acceptors (Lipinski definition) is 3. The number of carbonyl (C=O) groups excluding carboxylic acids is 2. The van der Waals surface area contributed by atoms with Gasteiger partial charge in [-0.15, -0.1) is 0 Å². The summed E-state index contributed by atoms with van der Waals surface area (Å²) in [4.78, 5) is 23.7. The third kappa shape index (κ3) is 4.63. The quantitative estimate of drug-likeness (QED) is 0.701. The summed E-state index contributed by atoms with van der Waals surface area (Å²) < 4.78 is 5.44. The van der Waals surface area contributed by atoms with Crippen LogP contribution >= 0.6 is 0 Å². The van der Waals surface area contributed by atoms with Crippen LogP contribution < -0.4 is 20.7 Å². The van der Waals surface area contributed by atoms with Gasteiger partial charge in [0.25, 0.3) is 0 Å². The molecule has 2 aliphatic rings. The third-order valence-electron chi connectivity index (χ3n) is 4.63. The van der Waals surface area contributed by atoms with E-state index in [4.69, 9.17) is 4.74 Å². The Bertz CT molecular complexity index is 597. The lowest BCUT2D eigenvalue weighted by atomic mass is 10.0. The molecule has 1 fully saturated rings. The summed E-state index contributed by atoms with van der Waals surface area (Å²) in [5, 5.41) is 8.42. The summed E-state index contributed by atoms with van der Waals surface area (Å²) in [6.45, 7) is 1.57. The van der Waals surface area contributed by atoms with Crippen LogP contribution in [0.5, 0.6) is 5.75 Å². The minimum Gasteiger partial charge on any atom is -0.493 e. The monoisotopic (exact) mass is 331 g/mol. The highest BCUT2D eigenvalue weighted by Gasteiger charge is 2.18.